The molecule has 0 radical (unpaired) electrons. The molecule has 92 heavy (non-hydrogen) atoms. The number of benzene rings is 8. The molecule has 0 fully saturated rings. The Kier molecular flexibility index (Phi) is 21.5. The molecule has 1 aliphatic carbocycles. The summed E-state index contributed by atoms with van der Waals surface area (Å²) in [4.78, 5) is 20.0. The Morgan fingerprint density at radius 2 is 0.413 bits per heavy atom. The summed E-state index contributed by atoms with van der Waals surface area (Å²) in [7, 11) is 0. The van der Waals surface area contributed by atoms with Crippen LogP contribution in [0.1, 0.15) is 246 Å². The maximum atomic E-state index is 13.2. The Balaban J connectivity index is 1.49. The standard InChI is InChI=1S/C80H92N4O8/c1-45(2)33-57-61-37-63(75(87)69(73(61)85)41-81-49(9)53-25-17-13-18-26-53)58(34-46(3)4)65-39-67(79(91)71(77(65)89)43-83-51(11)55-29-21-15-22-30-55)60(36-48(7)8)68-40-66(78(90)72(80(68)92)44-84-52(12)56-31-23-16-24-32-56)59(35-47(5)6)64-38-62(57)74(86)70(76(64)88)42-82-50(10)54-27-19-14-20-28-54/h13-32,37-52,57-60,85-92H,33-36H2,1-12H3. The summed E-state index contributed by atoms with van der Waals surface area (Å²) < 4.78 is 0. The zero-order valence-corrected chi connectivity index (χ0v) is 55.3. The molecule has 4 unspecified atom stereocenters. The lowest BCUT2D eigenvalue weighted by Gasteiger charge is -2.32. The predicted octanol–water partition coefficient (Wildman–Crippen LogP) is 19.1. The number of phenolic OH excluding ortho intramolecular Hbond substituents is 8. The van der Waals surface area contributed by atoms with Crippen LogP contribution in [0.2, 0.25) is 0 Å². The van der Waals surface area contributed by atoms with Gasteiger partial charge in [-0.15, -0.1) is 0 Å². The molecule has 8 bridgehead atoms. The molecule has 0 aliphatic heterocycles. The molecule has 1 aliphatic rings. The molecule has 8 aromatic rings. The third-order valence-corrected chi connectivity index (χ3v) is 18.1. The summed E-state index contributed by atoms with van der Waals surface area (Å²) in [5.41, 5.74) is 6.40. The van der Waals surface area contributed by atoms with Gasteiger partial charge in [0.2, 0.25) is 0 Å². The van der Waals surface area contributed by atoms with Gasteiger partial charge in [0.25, 0.3) is 0 Å². The van der Waals surface area contributed by atoms with E-state index in [1.807, 2.05) is 149 Å². The highest BCUT2D eigenvalue weighted by Crippen LogP contribution is 2.56. The number of fused-ring (bicyclic) bond motifs is 8. The van der Waals surface area contributed by atoms with Crippen molar-refractivity contribution in [3.63, 3.8) is 0 Å². The maximum Gasteiger partial charge on any atom is 0.131 e. The third-order valence-electron chi connectivity index (χ3n) is 18.1. The van der Waals surface area contributed by atoms with Crippen molar-refractivity contribution >= 4 is 24.9 Å². The molecule has 8 N–H and O–H groups in total. The van der Waals surface area contributed by atoms with E-state index < -0.39 is 47.8 Å². The molecule has 12 nitrogen and oxygen atoms in total. The molecule has 0 amide bonds. The average molecular weight is 1240 g/mol. The largest absolute Gasteiger partial charge is 0.507 e. The minimum absolute atomic E-state index is 0.0220. The highest BCUT2D eigenvalue weighted by molar-refractivity contribution is 5.94. The number of hydrogen-bond acceptors (Lipinski definition) is 12. The molecule has 0 saturated carbocycles. The van der Waals surface area contributed by atoms with Crippen LogP contribution in [0.3, 0.4) is 0 Å². The number of rotatable bonds is 20. The van der Waals surface area contributed by atoms with Gasteiger partial charge < -0.3 is 40.9 Å². The number of phenols is 8. The van der Waals surface area contributed by atoms with Crippen molar-refractivity contribution in [3.8, 4) is 46.0 Å². The van der Waals surface area contributed by atoms with Crippen LogP contribution in [0.15, 0.2) is 166 Å². The van der Waals surface area contributed by atoms with Crippen molar-refractivity contribution in [2.24, 2.45) is 43.6 Å². The number of nitrogens with zero attached hydrogens (tertiary/aromatic N) is 4. The Labute approximate surface area is 543 Å². The second kappa shape index (κ2) is 29.4. The smallest absolute Gasteiger partial charge is 0.131 e. The minimum Gasteiger partial charge on any atom is -0.507 e. The number of aliphatic imine (C=N–C) groups is 4. The molecule has 12 heteroatoms. The van der Waals surface area contributed by atoms with E-state index in [0.29, 0.717) is 70.2 Å². The quantitative estimate of drug-likeness (QED) is 0.0343. The van der Waals surface area contributed by atoms with Crippen molar-refractivity contribution in [2.75, 3.05) is 0 Å². The Morgan fingerprint density at radius 1 is 0.261 bits per heavy atom. The lowest BCUT2D eigenvalue weighted by atomic mass is 9.73. The van der Waals surface area contributed by atoms with Crippen LogP contribution in [-0.2, 0) is 0 Å². The van der Waals surface area contributed by atoms with E-state index >= 15 is 0 Å². The van der Waals surface area contributed by atoms with Crippen LogP contribution in [0.4, 0.5) is 0 Å². The molecule has 480 valence electrons. The van der Waals surface area contributed by atoms with Crippen LogP contribution < -0.4 is 0 Å². The van der Waals surface area contributed by atoms with E-state index in [1.165, 1.54) is 24.9 Å². The van der Waals surface area contributed by atoms with Crippen molar-refractivity contribution in [1.29, 1.82) is 0 Å². The van der Waals surface area contributed by atoms with Gasteiger partial charge in [0.05, 0.1) is 46.4 Å². The summed E-state index contributed by atoms with van der Waals surface area (Å²) >= 11 is 0. The molecule has 0 spiro atoms. The zero-order chi connectivity index (χ0) is 66.2. The fourth-order valence-electron chi connectivity index (χ4n) is 13.1. The first-order chi connectivity index (χ1) is 43.9. The fraction of sp³-hybridized carbons (Fsp3) is 0.350. The lowest BCUT2D eigenvalue weighted by Crippen LogP contribution is -2.16. The molecular weight excluding hydrogens is 1140 g/mol. The Bertz CT molecular complexity index is 3340. The minimum atomic E-state index is -0.869. The highest BCUT2D eigenvalue weighted by atomic mass is 16.3. The highest BCUT2D eigenvalue weighted by Gasteiger charge is 2.38. The molecule has 0 heterocycles. The van der Waals surface area contributed by atoms with Crippen molar-refractivity contribution in [1.82, 2.24) is 0 Å². The van der Waals surface area contributed by atoms with Crippen LogP contribution in [0.5, 0.6) is 46.0 Å². The average Bonchev–Trinajstić information content (AvgIpc) is 0.745. The van der Waals surface area contributed by atoms with E-state index in [2.05, 4.69) is 55.4 Å². The first kappa shape index (κ1) is 67.2. The van der Waals surface area contributed by atoms with E-state index in [-0.39, 0.29) is 91.9 Å². The maximum absolute atomic E-state index is 13.2. The van der Waals surface area contributed by atoms with Gasteiger partial charge in [0, 0.05) is 93.0 Å². The van der Waals surface area contributed by atoms with Gasteiger partial charge in [-0.1, -0.05) is 177 Å². The summed E-state index contributed by atoms with van der Waals surface area (Å²) in [6.45, 7) is 24.1. The Morgan fingerprint density at radius 3 is 0.554 bits per heavy atom. The molecule has 0 aromatic heterocycles. The van der Waals surface area contributed by atoms with Crippen molar-refractivity contribution < 1.29 is 40.9 Å². The van der Waals surface area contributed by atoms with Gasteiger partial charge in [0.1, 0.15) is 46.0 Å². The zero-order valence-electron chi connectivity index (χ0n) is 55.3. The predicted molar refractivity (Wildman–Crippen MR) is 374 cm³/mol. The van der Waals surface area contributed by atoms with Crippen molar-refractivity contribution in [3.05, 3.63) is 235 Å². The van der Waals surface area contributed by atoms with E-state index in [1.54, 1.807) is 24.3 Å². The van der Waals surface area contributed by atoms with E-state index in [9.17, 15) is 40.9 Å². The number of aromatic hydroxyl groups is 8. The fourth-order valence-corrected chi connectivity index (χ4v) is 13.1. The second-order valence-electron chi connectivity index (χ2n) is 26.9. The van der Waals surface area contributed by atoms with Gasteiger partial charge >= 0.3 is 0 Å². The molecule has 8 aromatic carbocycles. The van der Waals surface area contributed by atoms with Crippen LogP contribution >= 0.6 is 0 Å². The lowest BCUT2D eigenvalue weighted by molar-refractivity contribution is 0.410. The van der Waals surface area contributed by atoms with E-state index in [0.717, 1.165) is 22.3 Å². The topological polar surface area (TPSA) is 211 Å². The molecule has 9 rings (SSSR count). The third kappa shape index (κ3) is 14.8. The first-order valence-corrected chi connectivity index (χ1v) is 32.6. The van der Waals surface area contributed by atoms with Gasteiger partial charge in [-0.3, -0.25) is 20.0 Å². The van der Waals surface area contributed by atoms with Crippen LogP contribution in [0, 0.1) is 23.7 Å². The summed E-state index contributed by atoms with van der Waals surface area (Å²) in [5, 5.41) is 106. The van der Waals surface area contributed by atoms with Gasteiger partial charge in [-0.25, -0.2) is 0 Å². The van der Waals surface area contributed by atoms with Crippen LogP contribution in [-0.4, -0.2) is 65.7 Å². The molecular formula is C80H92N4O8. The molecule has 4 atom stereocenters. The molecule has 0 saturated heterocycles. The SMILES string of the molecule is CC(C)CC1c2cc(c(O)c(C=NC(C)c3ccccc3)c2O)C(CC(C)C)c2cc(c(O)c(C=NC(C)c3ccccc3)c2O)C(CC(C)C)c2cc(c(O)c(C=NC(C)c3ccccc3)c2O)C(CC(C)C)c2cc1c(O)c(C=NC(C)c1ccccc1)c2O. The van der Waals surface area contributed by atoms with Crippen molar-refractivity contribution in [2.45, 2.75) is 157 Å². The van der Waals surface area contributed by atoms with Gasteiger partial charge in [-0.05, 0) is 124 Å². The number of hydrogen-bond donors (Lipinski definition) is 8. The first-order valence-electron chi connectivity index (χ1n) is 32.6. The van der Waals surface area contributed by atoms with Gasteiger partial charge in [0.15, 0.2) is 0 Å². The normalized spacial score (nSPS) is 17.5. The Hall–Kier alpha value is -9.16. The summed E-state index contributed by atoms with van der Waals surface area (Å²) in [6, 6.07) is 44.3. The second-order valence-corrected chi connectivity index (χ2v) is 26.9. The van der Waals surface area contributed by atoms with Gasteiger partial charge in [-0.2, -0.15) is 0 Å². The summed E-state index contributed by atoms with van der Waals surface area (Å²) in [5.74, 6) is -6.09. The van der Waals surface area contributed by atoms with Crippen LogP contribution in [0.25, 0.3) is 0 Å². The van der Waals surface area contributed by atoms with E-state index in [4.69, 9.17) is 20.0 Å². The monoisotopic (exact) mass is 1240 g/mol. The summed E-state index contributed by atoms with van der Waals surface area (Å²) in [6.07, 6.45) is 7.31.